The highest BCUT2D eigenvalue weighted by Gasteiger charge is 2.13. The molecule has 122 valence electrons. The van der Waals surface area contributed by atoms with E-state index in [-0.39, 0.29) is 16.8 Å². The van der Waals surface area contributed by atoms with Gasteiger partial charge in [-0.3, -0.25) is 4.79 Å². The molecule has 2 aromatic rings. The Morgan fingerprint density at radius 2 is 1.61 bits per heavy atom. The minimum Gasteiger partial charge on any atom is -0.497 e. The van der Waals surface area contributed by atoms with Crippen LogP contribution in [0.5, 0.6) is 5.75 Å². The summed E-state index contributed by atoms with van der Waals surface area (Å²) >= 11 is 0. The monoisotopic (exact) mass is 333 g/mol. The lowest BCUT2D eigenvalue weighted by Crippen LogP contribution is -2.26. The number of methoxy groups -OCH3 is 1. The molecule has 5 nitrogen and oxygen atoms in total. The van der Waals surface area contributed by atoms with Gasteiger partial charge in [0.1, 0.15) is 5.75 Å². The van der Waals surface area contributed by atoms with Crippen LogP contribution >= 0.6 is 0 Å². The molecule has 2 rings (SSSR count). The molecule has 23 heavy (non-hydrogen) atoms. The second-order valence-corrected chi connectivity index (χ2v) is 7.28. The Hall–Kier alpha value is -2.34. The molecule has 0 aliphatic heterocycles. The predicted molar refractivity (Wildman–Crippen MR) is 88.4 cm³/mol. The second-order valence-electron chi connectivity index (χ2n) is 5.26. The fourth-order valence-electron chi connectivity index (χ4n) is 2.11. The van der Waals surface area contributed by atoms with Gasteiger partial charge < -0.3 is 10.1 Å². The van der Waals surface area contributed by atoms with Gasteiger partial charge in [-0.15, -0.1) is 0 Å². The topological polar surface area (TPSA) is 72.5 Å². The van der Waals surface area contributed by atoms with Crippen molar-refractivity contribution < 1.29 is 17.9 Å². The third-order valence-electron chi connectivity index (χ3n) is 3.51. The van der Waals surface area contributed by atoms with Crippen molar-refractivity contribution in [3.63, 3.8) is 0 Å². The molecule has 0 radical (unpaired) electrons. The molecule has 1 amide bonds. The van der Waals surface area contributed by atoms with E-state index < -0.39 is 9.84 Å². The number of sulfone groups is 1. The number of carbonyl (C=O) groups is 1. The van der Waals surface area contributed by atoms with Crippen molar-refractivity contribution in [3.8, 4) is 5.75 Å². The van der Waals surface area contributed by atoms with Crippen LogP contribution in [0.4, 0.5) is 0 Å². The third-order valence-corrected chi connectivity index (χ3v) is 4.64. The zero-order valence-corrected chi connectivity index (χ0v) is 14.1. The second kappa shape index (κ2) is 6.83. The van der Waals surface area contributed by atoms with E-state index in [4.69, 9.17) is 4.74 Å². The summed E-state index contributed by atoms with van der Waals surface area (Å²) in [6, 6.07) is 13.1. The smallest absolute Gasteiger partial charge is 0.251 e. The van der Waals surface area contributed by atoms with Crippen molar-refractivity contribution >= 4 is 15.7 Å². The SMILES string of the molecule is COc1ccc(C(=O)N[C@H](C)c2ccc(S(C)(=O)=O)cc2)cc1. The van der Waals surface area contributed by atoms with Gasteiger partial charge in [0.25, 0.3) is 5.91 Å². The van der Waals surface area contributed by atoms with Gasteiger partial charge in [0.2, 0.25) is 0 Å². The molecule has 0 saturated heterocycles. The molecule has 0 spiro atoms. The van der Waals surface area contributed by atoms with E-state index in [0.717, 1.165) is 11.8 Å². The van der Waals surface area contributed by atoms with Gasteiger partial charge in [0, 0.05) is 11.8 Å². The first kappa shape index (κ1) is 17.0. The summed E-state index contributed by atoms with van der Waals surface area (Å²) in [5.74, 6) is 0.485. The van der Waals surface area contributed by atoms with Crippen molar-refractivity contribution in [2.24, 2.45) is 0 Å². The molecule has 0 aromatic heterocycles. The molecule has 0 unspecified atom stereocenters. The zero-order valence-electron chi connectivity index (χ0n) is 13.2. The largest absolute Gasteiger partial charge is 0.497 e. The molecule has 1 N–H and O–H groups in total. The van der Waals surface area contributed by atoms with Crippen LogP contribution in [-0.2, 0) is 9.84 Å². The number of nitrogens with one attached hydrogen (secondary N) is 1. The number of hydrogen-bond acceptors (Lipinski definition) is 4. The maximum atomic E-state index is 12.2. The van der Waals surface area contributed by atoms with E-state index >= 15 is 0 Å². The zero-order chi connectivity index (χ0) is 17.0. The van der Waals surface area contributed by atoms with Gasteiger partial charge in [-0.2, -0.15) is 0 Å². The molecule has 0 aliphatic rings. The molecule has 0 heterocycles. The third kappa shape index (κ3) is 4.32. The van der Waals surface area contributed by atoms with Crippen molar-refractivity contribution in [1.29, 1.82) is 0 Å². The highest BCUT2D eigenvalue weighted by atomic mass is 32.2. The van der Waals surface area contributed by atoms with Crippen molar-refractivity contribution in [1.82, 2.24) is 5.32 Å². The van der Waals surface area contributed by atoms with E-state index in [0.29, 0.717) is 11.3 Å². The summed E-state index contributed by atoms with van der Waals surface area (Å²) in [6.45, 7) is 1.84. The maximum absolute atomic E-state index is 12.2. The summed E-state index contributed by atoms with van der Waals surface area (Å²) in [6.07, 6.45) is 1.16. The maximum Gasteiger partial charge on any atom is 0.251 e. The molecular weight excluding hydrogens is 314 g/mol. The Morgan fingerprint density at radius 1 is 1.04 bits per heavy atom. The van der Waals surface area contributed by atoms with Crippen LogP contribution in [0.3, 0.4) is 0 Å². The first-order valence-corrected chi connectivity index (χ1v) is 8.95. The Bertz CT molecular complexity index is 780. The normalized spacial score (nSPS) is 12.5. The van der Waals surface area contributed by atoms with Gasteiger partial charge in [-0.25, -0.2) is 8.42 Å². The van der Waals surface area contributed by atoms with Crippen LogP contribution in [0.1, 0.15) is 28.9 Å². The highest BCUT2D eigenvalue weighted by molar-refractivity contribution is 7.90. The summed E-state index contributed by atoms with van der Waals surface area (Å²) in [4.78, 5) is 12.5. The van der Waals surface area contributed by atoms with Crippen LogP contribution < -0.4 is 10.1 Å². The first-order valence-electron chi connectivity index (χ1n) is 7.06. The number of amides is 1. The molecular formula is C17H19NO4S. The van der Waals surface area contributed by atoms with Gasteiger partial charge in [0.05, 0.1) is 18.0 Å². The number of benzene rings is 2. The number of hydrogen-bond donors (Lipinski definition) is 1. The van der Waals surface area contributed by atoms with Crippen molar-refractivity contribution in [2.45, 2.75) is 17.9 Å². The number of ether oxygens (including phenoxy) is 1. The van der Waals surface area contributed by atoms with E-state index in [9.17, 15) is 13.2 Å². The van der Waals surface area contributed by atoms with Crippen molar-refractivity contribution in [2.75, 3.05) is 13.4 Å². The Morgan fingerprint density at radius 3 is 2.09 bits per heavy atom. The lowest BCUT2D eigenvalue weighted by molar-refractivity contribution is 0.0940. The van der Waals surface area contributed by atoms with Crippen LogP contribution in [0, 0.1) is 0 Å². The van der Waals surface area contributed by atoms with Crippen LogP contribution in [0.15, 0.2) is 53.4 Å². The summed E-state index contributed by atoms with van der Waals surface area (Å²) < 4.78 is 28.0. The molecule has 2 aromatic carbocycles. The number of carbonyl (C=O) groups excluding carboxylic acids is 1. The lowest BCUT2D eigenvalue weighted by Gasteiger charge is -2.15. The predicted octanol–water partition coefficient (Wildman–Crippen LogP) is 2.59. The van der Waals surface area contributed by atoms with Gasteiger partial charge in [-0.1, -0.05) is 12.1 Å². The summed E-state index contributed by atoms with van der Waals surface area (Å²) in [5, 5.41) is 2.88. The quantitative estimate of drug-likeness (QED) is 0.913. The van der Waals surface area contributed by atoms with E-state index in [1.807, 2.05) is 6.92 Å². The lowest BCUT2D eigenvalue weighted by atomic mass is 10.1. The Balaban J connectivity index is 2.08. The Labute approximate surface area is 136 Å². The average molecular weight is 333 g/mol. The average Bonchev–Trinajstić information content (AvgIpc) is 2.54. The highest BCUT2D eigenvalue weighted by Crippen LogP contribution is 2.17. The minimum atomic E-state index is -3.22. The summed E-state index contributed by atoms with van der Waals surface area (Å²) in [5.41, 5.74) is 1.37. The first-order chi connectivity index (χ1) is 10.8. The van der Waals surface area contributed by atoms with Crippen molar-refractivity contribution in [3.05, 3.63) is 59.7 Å². The van der Waals surface area contributed by atoms with Crippen LogP contribution in [0.25, 0.3) is 0 Å². The van der Waals surface area contributed by atoms with Crippen LogP contribution in [0.2, 0.25) is 0 Å². The molecule has 1 atom stereocenters. The standard InChI is InChI=1S/C17H19NO4S/c1-12(13-6-10-16(11-7-13)23(3,20)21)18-17(19)14-4-8-15(22-2)9-5-14/h4-12H,1-3H3,(H,18,19)/t12-/m1/s1. The molecule has 0 fully saturated rings. The fourth-order valence-corrected chi connectivity index (χ4v) is 2.74. The molecule has 0 saturated carbocycles. The molecule has 0 aliphatic carbocycles. The van der Waals surface area contributed by atoms with E-state index in [2.05, 4.69) is 5.32 Å². The summed E-state index contributed by atoms with van der Waals surface area (Å²) in [7, 11) is -1.65. The van der Waals surface area contributed by atoms with E-state index in [1.165, 1.54) is 0 Å². The van der Waals surface area contributed by atoms with Gasteiger partial charge in [-0.05, 0) is 48.9 Å². The van der Waals surface area contributed by atoms with E-state index in [1.54, 1.807) is 55.6 Å². The Kier molecular flexibility index (Phi) is 5.05. The van der Waals surface area contributed by atoms with Gasteiger partial charge in [0.15, 0.2) is 9.84 Å². The molecule has 6 heteroatoms. The minimum absolute atomic E-state index is 0.202. The van der Waals surface area contributed by atoms with Gasteiger partial charge >= 0.3 is 0 Å². The van der Waals surface area contributed by atoms with Crippen LogP contribution in [-0.4, -0.2) is 27.7 Å². The fraction of sp³-hybridized carbons (Fsp3) is 0.235. The number of rotatable bonds is 5. The molecule has 0 bridgehead atoms.